The second-order valence-corrected chi connectivity index (χ2v) is 7.10. The van der Waals surface area contributed by atoms with Crippen LogP contribution in [0, 0.1) is 5.92 Å². The van der Waals surface area contributed by atoms with Crippen LogP contribution in [0.25, 0.3) is 0 Å². The Bertz CT molecular complexity index is 421. The molecule has 1 N–H and O–H groups in total. The summed E-state index contributed by atoms with van der Waals surface area (Å²) in [6.45, 7) is 4.26. The Morgan fingerprint density at radius 1 is 1.14 bits per heavy atom. The summed E-state index contributed by atoms with van der Waals surface area (Å²) in [4.78, 5) is 28.0. The number of nitrogens with zero attached hydrogens (tertiary/aromatic N) is 1. The molecule has 3 rings (SSSR count). The first-order valence-electron chi connectivity index (χ1n) is 8.77. The summed E-state index contributed by atoms with van der Waals surface area (Å²) in [6.07, 6.45) is 9.00. The highest BCUT2D eigenvalue weighted by Crippen LogP contribution is 2.42. The molecule has 21 heavy (non-hydrogen) atoms. The van der Waals surface area contributed by atoms with Crippen molar-refractivity contribution in [1.29, 1.82) is 0 Å². The van der Waals surface area contributed by atoms with Crippen molar-refractivity contribution in [1.82, 2.24) is 10.2 Å². The van der Waals surface area contributed by atoms with Crippen LogP contribution in [0.3, 0.4) is 0 Å². The molecule has 1 spiro atoms. The van der Waals surface area contributed by atoms with Gasteiger partial charge in [0.15, 0.2) is 0 Å². The van der Waals surface area contributed by atoms with E-state index < -0.39 is 5.54 Å². The standard InChI is InChI=1S/C17H28N2O2/c1-3-13(4-2)19-14(12-8-9-12)15(20)18-17(16(19)21)10-6-5-7-11-17/h12-14H,3-11H2,1-2H3,(H,18,20). The number of nitrogens with one attached hydrogen (secondary N) is 1. The van der Waals surface area contributed by atoms with Crippen molar-refractivity contribution in [3.63, 3.8) is 0 Å². The van der Waals surface area contributed by atoms with E-state index >= 15 is 0 Å². The van der Waals surface area contributed by atoms with Crippen molar-refractivity contribution in [3.8, 4) is 0 Å². The maximum absolute atomic E-state index is 13.3. The van der Waals surface area contributed by atoms with Gasteiger partial charge in [0.2, 0.25) is 11.8 Å². The van der Waals surface area contributed by atoms with Gasteiger partial charge in [-0.2, -0.15) is 0 Å². The normalized spacial score (nSPS) is 29.1. The Hall–Kier alpha value is -1.06. The Morgan fingerprint density at radius 3 is 2.29 bits per heavy atom. The first-order chi connectivity index (χ1) is 10.1. The van der Waals surface area contributed by atoms with Gasteiger partial charge in [0.05, 0.1) is 0 Å². The van der Waals surface area contributed by atoms with Crippen LogP contribution >= 0.6 is 0 Å². The first kappa shape index (κ1) is 14.9. The van der Waals surface area contributed by atoms with Gasteiger partial charge < -0.3 is 10.2 Å². The molecule has 1 aliphatic heterocycles. The summed E-state index contributed by atoms with van der Waals surface area (Å²) >= 11 is 0. The lowest BCUT2D eigenvalue weighted by Gasteiger charge is -2.50. The van der Waals surface area contributed by atoms with Crippen molar-refractivity contribution >= 4 is 11.8 Å². The Balaban J connectivity index is 1.93. The van der Waals surface area contributed by atoms with E-state index in [1.807, 2.05) is 4.90 Å². The third-order valence-corrected chi connectivity index (χ3v) is 5.69. The van der Waals surface area contributed by atoms with Gasteiger partial charge in [0.25, 0.3) is 0 Å². The van der Waals surface area contributed by atoms with E-state index in [4.69, 9.17) is 0 Å². The summed E-state index contributed by atoms with van der Waals surface area (Å²) in [5.41, 5.74) is -0.580. The van der Waals surface area contributed by atoms with Gasteiger partial charge in [-0.1, -0.05) is 33.1 Å². The van der Waals surface area contributed by atoms with Crippen LogP contribution in [0.5, 0.6) is 0 Å². The number of amides is 2. The maximum atomic E-state index is 13.3. The van der Waals surface area contributed by atoms with Crippen molar-refractivity contribution < 1.29 is 9.59 Å². The predicted octanol–water partition coefficient (Wildman–Crippen LogP) is 2.61. The van der Waals surface area contributed by atoms with Crippen molar-refractivity contribution in [2.24, 2.45) is 5.92 Å². The molecule has 0 aromatic carbocycles. The SMILES string of the molecule is CCC(CC)N1C(=O)C2(CCCCC2)NC(=O)C1C1CC1. The number of piperazine rings is 1. The number of rotatable bonds is 4. The maximum Gasteiger partial charge on any atom is 0.249 e. The molecule has 0 aromatic rings. The van der Waals surface area contributed by atoms with Crippen LogP contribution in [-0.2, 0) is 9.59 Å². The molecular formula is C17H28N2O2. The van der Waals surface area contributed by atoms with Crippen LogP contribution < -0.4 is 5.32 Å². The quantitative estimate of drug-likeness (QED) is 0.866. The van der Waals surface area contributed by atoms with E-state index in [1.165, 1.54) is 6.42 Å². The largest absolute Gasteiger partial charge is 0.340 e. The molecule has 0 bridgehead atoms. The average molecular weight is 292 g/mol. The fourth-order valence-electron chi connectivity index (χ4n) is 4.29. The smallest absolute Gasteiger partial charge is 0.249 e. The molecule has 1 atom stereocenters. The summed E-state index contributed by atoms with van der Waals surface area (Å²) < 4.78 is 0. The van der Waals surface area contributed by atoms with Gasteiger partial charge in [0, 0.05) is 6.04 Å². The second-order valence-electron chi connectivity index (χ2n) is 7.10. The zero-order valence-electron chi connectivity index (χ0n) is 13.4. The van der Waals surface area contributed by atoms with Gasteiger partial charge in [-0.3, -0.25) is 9.59 Å². The van der Waals surface area contributed by atoms with Crippen LogP contribution in [0.1, 0.15) is 71.6 Å². The number of carbonyl (C=O) groups is 2. The summed E-state index contributed by atoms with van der Waals surface area (Å²) in [6, 6.07) is 0.0166. The molecule has 0 radical (unpaired) electrons. The molecule has 2 amide bonds. The molecule has 2 saturated carbocycles. The molecule has 1 saturated heterocycles. The van der Waals surface area contributed by atoms with E-state index in [9.17, 15) is 9.59 Å². The van der Waals surface area contributed by atoms with E-state index in [-0.39, 0.29) is 23.9 Å². The fraction of sp³-hybridized carbons (Fsp3) is 0.882. The highest BCUT2D eigenvalue weighted by molar-refractivity contribution is 6.00. The van der Waals surface area contributed by atoms with Crippen LogP contribution in [0.4, 0.5) is 0 Å². The van der Waals surface area contributed by atoms with E-state index in [1.54, 1.807) is 0 Å². The predicted molar refractivity (Wildman–Crippen MR) is 81.7 cm³/mol. The Labute approximate surface area is 127 Å². The molecule has 1 unspecified atom stereocenters. The van der Waals surface area contributed by atoms with Crippen molar-refractivity contribution in [3.05, 3.63) is 0 Å². The van der Waals surface area contributed by atoms with Gasteiger partial charge >= 0.3 is 0 Å². The highest BCUT2D eigenvalue weighted by Gasteiger charge is 2.55. The molecule has 1 heterocycles. The third-order valence-electron chi connectivity index (χ3n) is 5.69. The number of hydrogen-bond donors (Lipinski definition) is 1. The van der Waals surface area contributed by atoms with Gasteiger partial charge in [-0.15, -0.1) is 0 Å². The fourth-order valence-corrected chi connectivity index (χ4v) is 4.29. The molecule has 118 valence electrons. The molecule has 2 aliphatic carbocycles. The minimum absolute atomic E-state index is 0.117. The first-order valence-corrected chi connectivity index (χ1v) is 8.77. The van der Waals surface area contributed by atoms with Crippen LogP contribution in [0.2, 0.25) is 0 Å². The molecule has 4 nitrogen and oxygen atoms in total. The Kier molecular flexibility index (Phi) is 3.98. The van der Waals surface area contributed by atoms with Gasteiger partial charge in [0.1, 0.15) is 11.6 Å². The summed E-state index contributed by atoms with van der Waals surface area (Å²) in [7, 11) is 0. The van der Waals surface area contributed by atoms with E-state index in [2.05, 4.69) is 19.2 Å². The number of carbonyl (C=O) groups excluding carboxylic acids is 2. The lowest BCUT2D eigenvalue weighted by atomic mass is 9.77. The van der Waals surface area contributed by atoms with Crippen LogP contribution in [-0.4, -0.2) is 34.3 Å². The molecule has 4 heteroatoms. The third kappa shape index (κ3) is 2.47. The number of hydrogen-bond acceptors (Lipinski definition) is 2. The van der Waals surface area contributed by atoms with Gasteiger partial charge in [-0.25, -0.2) is 0 Å². The molecule has 0 aromatic heterocycles. The molecule has 3 aliphatic rings. The minimum atomic E-state index is -0.580. The van der Waals surface area contributed by atoms with Crippen molar-refractivity contribution in [2.45, 2.75) is 89.3 Å². The van der Waals surface area contributed by atoms with Crippen molar-refractivity contribution in [2.75, 3.05) is 0 Å². The minimum Gasteiger partial charge on any atom is -0.340 e. The second kappa shape index (κ2) is 5.62. The summed E-state index contributed by atoms with van der Waals surface area (Å²) in [5.74, 6) is 0.730. The monoisotopic (exact) mass is 292 g/mol. The topological polar surface area (TPSA) is 49.4 Å². The lowest BCUT2D eigenvalue weighted by molar-refractivity contribution is -0.161. The van der Waals surface area contributed by atoms with Gasteiger partial charge in [-0.05, 0) is 44.4 Å². The summed E-state index contributed by atoms with van der Waals surface area (Å²) in [5, 5.41) is 3.16. The molecule has 3 fully saturated rings. The zero-order valence-corrected chi connectivity index (χ0v) is 13.4. The average Bonchev–Trinajstić information content (AvgIpc) is 3.31. The Morgan fingerprint density at radius 2 is 1.76 bits per heavy atom. The molecular weight excluding hydrogens is 264 g/mol. The van der Waals surface area contributed by atoms with E-state index in [0.717, 1.165) is 51.4 Å². The highest BCUT2D eigenvalue weighted by atomic mass is 16.2. The zero-order chi connectivity index (χ0) is 15.0. The van der Waals surface area contributed by atoms with E-state index in [0.29, 0.717) is 5.92 Å². The van der Waals surface area contributed by atoms with Crippen LogP contribution in [0.15, 0.2) is 0 Å². The lowest BCUT2D eigenvalue weighted by Crippen LogP contribution is -2.72.